The van der Waals surface area contributed by atoms with Gasteiger partial charge >= 0.3 is 0 Å². The second-order valence-electron chi connectivity index (χ2n) is 4.81. The highest BCUT2D eigenvalue weighted by Gasteiger charge is 2.07. The van der Waals surface area contributed by atoms with Crippen LogP contribution in [0.1, 0.15) is 5.56 Å². The number of rotatable bonds is 3. The first-order chi connectivity index (χ1) is 10.6. The molecule has 0 radical (unpaired) electrons. The summed E-state index contributed by atoms with van der Waals surface area (Å²) in [5.41, 5.74) is 1.74. The summed E-state index contributed by atoms with van der Waals surface area (Å²) >= 11 is 3.38. The Balaban J connectivity index is 1.98. The molecule has 0 N–H and O–H groups in total. The lowest BCUT2D eigenvalue weighted by Crippen LogP contribution is -2.23. The van der Waals surface area contributed by atoms with Crippen molar-refractivity contribution in [2.24, 2.45) is 0 Å². The Hall–Kier alpha value is -2.27. The Kier molecular flexibility index (Phi) is 4.15. The molecule has 0 aliphatic carbocycles. The van der Waals surface area contributed by atoms with Gasteiger partial charge in [-0.15, -0.1) is 0 Å². The van der Waals surface area contributed by atoms with Gasteiger partial charge in [0.05, 0.1) is 12.2 Å². The van der Waals surface area contributed by atoms with E-state index in [2.05, 4.69) is 21.0 Å². The van der Waals surface area contributed by atoms with Crippen LogP contribution in [0.5, 0.6) is 0 Å². The van der Waals surface area contributed by atoms with Gasteiger partial charge in [0.25, 0.3) is 5.56 Å². The van der Waals surface area contributed by atoms with Gasteiger partial charge in [0.1, 0.15) is 5.82 Å². The fourth-order valence-corrected chi connectivity index (χ4v) is 2.39. The van der Waals surface area contributed by atoms with E-state index < -0.39 is 0 Å². The lowest BCUT2D eigenvalue weighted by molar-refractivity contribution is 0.573. The van der Waals surface area contributed by atoms with Gasteiger partial charge in [0, 0.05) is 21.7 Å². The van der Waals surface area contributed by atoms with E-state index in [9.17, 15) is 9.18 Å². The van der Waals surface area contributed by atoms with Gasteiger partial charge in [0.2, 0.25) is 0 Å². The SMILES string of the molecule is O=c1ccc(-c2ccc(Br)cc2)nn1Cc1ccccc1F. The minimum absolute atomic E-state index is 0.107. The second-order valence-corrected chi connectivity index (χ2v) is 5.73. The van der Waals surface area contributed by atoms with Gasteiger partial charge in [-0.1, -0.05) is 46.3 Å². The van der Waals surface area contributed by atoms with Gasteiger partial charge in [-0.05, 0) is 24.3 Å². The monoisotopic (exact) mass is 358 g/mol. The van der Waals surface area contributed by atoms with E-state index in [1.165, 1.54) is 16.8 Å². The smallest absolute Gasteiger partial charge is 0.267 e. The summed E-state index contributed by atoms with van der Waals surface area (Å²) in [6.07, 6.45) is 0. The molecule has 0 unspecified atom stereocenters. The highest BCUT2D eigenvalue weighted by Crippen LogP contribution is 2.19. The normalized spacial score (nSPS) is 10.6. The summed E-state index contributed by atoms with van der Waals surface area (Å²) in [4.78, 5) is 11.9. The molecule has 0 saturated carbocycles. The van der Waals surface area contributed by atoms with Crippen LogP contribution >= 0.6 is 15.9 Å². The van der Waals surface area contributed by atoms with Crippen molar-refractivity contribution in [1.29, 1.82) is 0 Å². The number of aromatic nitrogens is 2. The summed E-state index contributed by atoms with van der Waals surface area (Å²) in [6.45, 7) is 0.107. The molecule has 0 aliphatic rings. The first kappa shape index (κ1) is 14.7. The Bertz CT molecular complexity index is 859. The van der Waals surface area contributed by atoms with E-state index in [1.807, 2.05) is 24.3 Å². The first-order valence-electron chi connectivity index (χ1n) is 6.71. The molecule has 1 heterocycles. The number of hydrogen-bond donors (Lipinski definition) is 0. The molecule has 5 heteroatoms. The van der Waals surface area contributed by atoms with Gasteiger partial charge in [-0.3, -0.25) is 4.79 Å². The van der Waals surface area contributed by atoms with Gasteiger partial charge in [-0.25, -0.2) is 9.07 Å². The minimum atomic E-state index is -0.342. The average Bonchev–Trinajstić information content (AvgIpc) is 2.52. The molecule has 3 rings (SSSR count). The van der Waals surface area contributed by atoms with Crippen LogP contribution in [0, 0.1) is 5.82 Å². The van der Waals surface area contributed by atoms with Gasteiger partial charge in [0.15, 0.2) is 0 Å². The summed E-state index contributed by atoms with van der Waals surface area (Å²) in [7, 11) is 0. The lowest BCUT2D eigenvalue weighted by atomic mass is 10.1. The van der Waals surface area contributed by atoms with Crippen LogP contribution in [0.2, 0.25) is 0 Å². The summed E-state index contributed by atoms with van der Waals surface area (Å²) in [5, 5.41) is 4.33. The van der Waals surface area contributed by atoms with Crippen molar-refractivity contribution >= 4 is 15.9 Å². The second kappa shape index (κ2) is 6.23. The van der Waals surface area contributed by atoms with Crippen LogP contribution < -0.4 is 5.56 Å². The van der Waals surface area contributed by atoms with E-state index in [0.717, 1.165) is 10.0 Å². The number of nitrogens with zero attached hydrogens (tertiary/aromatic N) is 2. The van der Waals surface area contributed by atoms with Crippen LogP contribution in [0.15, 0.2) is 69.9 Å². The van der Waals surface area contributed by atoms with Crippen molar-refractivity contribution in [1.82, 2.24) is 9.78 Å². The molecule has 0 spiro atoms. The topological polar surface area (TPSA) is 34.9 Å². The highest BCUT2D eigenvalue weighted by molar-refractivity contribution is 9.10. The van der Waals surface area contributed by atoms with Crippen molar-refractivity contribution in [2.45, 2.75) is 6.54 Å². The van der Waals surface area contributed by atoms with Gasteiger partial charge in [-0.2, -0.15) is 5.10 Å². The standard InChI is InChI=1S/C17H12BrFN2O/c18-14-7-5-12(6-8-14)16-9-10-17(22)21(20-16)11-13-3-1-2-4-15(13)19/h1-10H,11H2. The number of benzene rings is 2. The summed E-state index contributed by atoms with van der Waals surface area (Å²) < 4.78 is 16.0. The Morgan fingerprint density at radius 2 is 1.73 bits per heavy atom. The third kappa shape index (κ3) is 3.14. The molecule has 0 amide bonds. The predicted molar refractivity (Wildman–Crippen MR) is 87.1 cm³/mol. The Labute approximate surface area is 135 Å². The molecule has 0 atom stereocenters. The first-order valence-corrected chi connectivity index (χ1v) is 7.50. The van der Waals surface area contributed by atoms with E-state index in [-0.39, 0.29) is 17.9 Å². The molecular weight excluding hydrogens is 347 g/mol. The largest absolute Gasteiger partial charge is 0.268 e. The Morgan fingerprint density at radius 1 is 1.00 bits per heavy atom. The molecule has 1 aromatic heterocycles. The van der Waals surface area contributed by atoms with Crippen molar-refractivity contribution in [2.75, 3.05) is 0 Å². The number of halogens is 2. The fraction of sp³-hybridized carbons (Fsp3) is 0.0588. The van der Waals surface area contributed by atoms with Crippen LogP contribution in [0.3, 0.4) is 0 Å². The number of hydrogen-bond acceptors (Lipinski definition) is 2. The molecule has 0 fully saturated rings. The van der Waals surface area contributed by atoms with Crippen LogP contribution in [0.4, 0.5) is 4.39 Å². The summed E-state index contributed by atoms with van der Waals surface area (Å²) in [5.74, 6) is -0.342. The van der Waals surface area contributed by atoms with Crippen molar-refractivity contribution in [3.63, 3.8) is 0 Å². The molecule has 3 aromatic rings. The molecule has 22 heavy (non-hydrogen) atoms. The van der Waals surface area contributed by atoms with E-state index in [4.69, 9.17) is 0 Å². The maximum atomic E-state index is 13.7. The zero-order chi connectivity index (χ0) is 15.5. The fourth-order valence-electron chi connectivity index (χ4n) is 2.12. The third-order valence-corrected chi connectivity index (χ3v) is 3.81. The molecule has 2 aromatic carbocycles. The molecule has 3 nitrogen and oxygen atoms in total. The van der Waals surface area contributed by atoms with Crippen molar-refractivity contribution in [3.8, 4) is 11.3 Å². The predicted octanol–water partition coefficient (Wildman–Crippen LogP) is 3.86. The van der Waals surface area contributed by atoms with Crippen molar-refractivity contribution in [3.05, 3.63) is 86.9 Å². The van der Waals surface area contributed by atoms with E-state index in [1.54, 1.807) is 24.3 Å². The minimum Gasteiger partial charge on any atom is -0.268 e. The zero-order valence-electron chi connectivity index (χ0n) is 11.5. The average molecular weight is 359 g/mol. The van der Waals surface area contributed by atoms with Crippen LogP contribution in [-0.4, -0.2) is 9.78 Å². The molecule has 0 saturated heterocycles. The molecule has 0 bridgehead atoms. The van der Waals surface area contributed by atoms with Crippen molar-refractivity contribution < 1.29 is 4.39 Å². The molecule has 0 aliphatic heterocycles. The van der Waals surface area contributed by atoms with Crippen LogP contribution in [-0.2, 0) is 6.54 Å². The summed E-state index contributed by atoms with van der Waals surface area (Å²) in [6, 6.07) is 17.1. The Morgan fingerprint density at radius 3 is 2.45 bits per heavy atom. The third-order valence-electron chi connectivity index (χ3n) is 3.28. The maximum absolute atomic E-state index is 13.7. The lowest BCUT2D eigenvalue weighted by Gasteiger charge is -2.08. The maximum Gasteiger partial charge on any atom is 0.267 e. The highest BCUT2D eigenvalue weighted by atomic mass is 79.9. The van der Waals surface area contributed by atoms with E-state index in [0.29, 0.717) is 11.3 Å². The zero-order valence-corrected chi connectivity index (χ0v) is 13.1. The van der Waals surface area contributed by atoms with Gasteiger partial charge < -0.3 is 0 Å². The van der Waals surface area contributed by atoms with Crippen LogP contribution in [0.25, 0.3) is 11.3 Å². The van der Waals surface area contributed by atoms with E-state index >= 15 is 0 Å². The quantitative estimate of drug-likeness (QED) is 0.712. The molecule has 110 valence electrons. The molecular formula is C17H12BrFN2O.